The van der Waals surface area contributed by atoms with E-state index in [1.54, 1.807) is 0 Å². The van der Waals surface area contributed by atoms with Gasteiger partial charge < -0.3 is 0 Å². The maximum Gasteiger partial charge on any atom is 0.170 e. The maximum atomic E-state index is 12.9. The molecule has 0 N–H and O–H groups in total. The molecule has 0 spiro atoms. The molecule has 2 heteroatoms. The lowest BCUT2D eigenvalue weighted by molar-refractivity contribution is -0.131. The summed E-state index contributed by atoms with van der Waals surface area (Å²) >= 11 is 0. The van der Waals surface area contributed by atoms with Crippen molar-refractivity contribution in [2.45, 2.75) is 50.9 Å². The Balaban J connectivity index is 1.64. The van der Waals surface area contributed by atoms with Crippen LogP contribution in [0.4, 0.5) is 0 Å². The molecule has 1 aromatic carbocycles. The summed E-state index contributed by atoms with van der Waals surface area (Å²) in [6.45, 7) is 0. The summed E-state index contributed by atoms with van der Waals surface area (Å²) in [5.74, 6) is 2.73. The van der Waals surface area contributed by atoms with E-state index in [-0.39, 0.29) is 29.3 Å². The Morgan fingerprint density at radius 2 is 1.45 bits per heavy atom. The number of hydrogen-bond donors (Lipinski definition) is 0. The zero-order chi connectivity index (χ0) is 14.9. The molecule has 0 heterocycles. The molecule has 0 unspecified atom stereocenters. The van der Waals surface area contributed by atoms with E-state index >= 15 is 0 Å². The van der Waals surface area contributed by atoms with Crippen LogP contribution in [0.2, 0.25) is 0 Å². The van der Waals surface area contributed by atoms with E-state index in [9.17, 15) is 9.59 Å². The molecule has 4 saturated carbocycles. The molecule has 0 radical (unpaired) electrons. The molecule has 0 saturated heterocycles. The van der Waals surface area contributed by atoms with Gasteiger partial charge in [0.1, 0.15) is 5.78 Å². The molecule has 0 aromatic heterocycles. The van der Waals surface area contributed by atoms with Crippen molar-refractivity contribution in [2.75, 3.05) is 0 Å². The van der Waals surface area contributed by atoms with Crippen LogP contribution in [-0.4, -0.2) is 11.6 Å². The SMILES string of the molecule is O=C1CC(=O)[C@@H](C23CC4CC(CC(C4)C2)C3)c2ccccc21. The van der Waals surface area contributed by atoms with Crippen molar-refractivity contribution < 1.29 is 9.59 Å². The highest BCUT2D eigenvalue weighted by molar-refractivity contribution is 6.14. The van der Waals surface area contributed by atoms with E-state index in [2.05, 4.69) is 0 Å². The molecule has 1 aromatic rings. The Bertz CT molecular complexity index is 637. The fourth-order valence-corrected chi connectivity index (χ4v) is 6.73. The molecule has 1 atom stereocenters. The van der Waals surface area contributed by atoms with Gasteiger partial charge in [0.15, 0.2) is 5.78 Å². The second-order valence-electron chi connectivity index (χ2n) is 8.37. The van der Waals surface area contributed by atoms with Crippen LogP contribution < -0.4 is 0 Å². The standard InChI is InChI=1S/C20H22O2/c21-17-8-18(22)19(16-4-2-1-3-15(16)17)20-9-12-5-13(10-20)7-14(6-12)11-20/h1-4,12-14,19H,5-11H2/t12?,13?,14?,19-,20?/m0/s1. The van der Waals surface area contributed by atoms with Gasteiger partial charge in [-0.2, -0.15) is 0 Å². The van der Waals surface area contributed by atoms with Crippen LogP contribution in [0.15, 0.2) is 24.3 Å². The third-order valence-electron chi connectivity index (χ3n) is 6.93. The first kappa shape index (κ1) is 13.0. The molecule has 4 bridgehead atoms. The summed E-state index contributed by atoms with van der Waals surface area (Å²) in [4.78, 5) is 25.1. The fourth-order valence-electron chi connectivity index (χ4n) is 6.73. The first-order valence-corrected chi connectivity index (χ1v) is 8.79. The van der Waals surface area contributed by atoms with Crippen molar-refractivity contribution in [3.05, 3.63) is 35.4 Å². The van der Waals surface area contributed by atoms with Crippen molar-refractivity contribution >= 4 is 11.6 Å². The van der Waals surface area contributed by atoms with Crippen molar-refractivity contribution in [2.24, 2.45) is 23.2 Å². The summed E-state index contributed by atoms with van der Waals surface area (Å²) < 4.78 is 0. The predicted molar refractivity (Wildman–Crippen MR) is 83.7 cm³/mol. The van der Waals surface area contributed by atoms with Gasteiger partial charge in [0.25, 0.3) is 0 Å². The molecule has 0 amide bonds. The lowest BCUT2D eigenvalue weighted by Gasteiger charge is -2.59. The number of ketones is 2. The van der Waals surface area contributed by atoms with Crippen LogP contribution in [-0.2, 0) is 4.79 Å². The Morgan fingerprint density at radius 3 is 2.09 bits per heavy atom. The van der Waals surface area contributed by atoms with Gasteiger partial charge in [-0.1, -0.05) is 24.3 Å². The van der Waals surface area contributed by atoms with Crippen LogP contribution in [0.25, 0.3) is 0 Å². The smallest absolute Gasteiger partial charge is 0.170 e. The monoisotopic (exact) mass is 294 g/mol. The first-order valence-electron chi connectivity index (χ1n) is 8.79. The van der Waals surface area contributed by atoms with Crippen LogP contribution in [0.1, 0.15) is 66.8 Å². The van der Waals surface area contributed by atoms with Crippen LogP contribution in [0.3, 0.4) is 0 Å². The Morgan fingerprint density at radius 1 is 0.864 bits per heavy atom. The number of carbonyl (C=O) groups excluding carboxylic acids is 2. The number of carbonyl (C=O) groups is 2. The van der Waals surface area contributed by atoms with Gasteiger partial charge in [-0.15, -0.1) is 0 Å². The number of fused-ring (bicyclic) bond motifs is 1. The minimum Gasteiger partial charge on any atom is -0.298 e. The van der Waals surface area contributed by atoms with Gasteiger partial charge in [0.2, 0.25) is 0 Å². The normalized spacial score (nSPS) is 42.5. The molecule has 2 nitrogen and oxygen atoms in total. The topological polar surface area (TPSA) is 34.1 Å². The first-order chi connectivity index (χ1) is 10.6. The van der Waals surface area contributed by atoms with Gasteiger partial charge in [-0.05, 0) is 67.3 Å². The summed E-state index contributed by atoms with van der Waals surface area (Å²) in [6, 6.07) is 7.91. The number of rotatable bonds is 1. The molecule has 114 valence electrons. The Hall–Kier alpha value is -1.44. The fraction of sp³-hybridized carbons (Fsp3) is 0.600. The average molecular weight is 294 g/mol. The average Bonchev–Trinajstić information content (AvgIpc) is 2.45. The molecule has 0 aliphatic heterocycles. The quantitative estimate of drug-likeness (QED) is 0.729. The molecule has 4 fully saturated rings. The summed E-state index contributed by atoms with van der Waals surface area (Å²) in [7, 11) is 0. The number of Topliss-reactive ketones (excluding diaryl/α,β-unsaturated/α-hetero) is 2. The molecular formula is C20H22O2. The number of benzene rings is 1. The lowest BCUT2D eigenvalue weighted by Crippen LogP contribution is -2.51. The zero-order valence-electron chi connectivity index (χ0n) is 12.9. The van der Waals surface area contributed by atoms with Crippen molar-refractivity contribution in [1.29, 1.82) is 0 Å². The van der Waals surface area contributed by atoms with E-state index in [1.807, 2.05) is 24.3 Å². The van der Waals surface area contributed by atoms with Crippen molar-refractivity contribution in [3.8, 4) is 0 Å². The highest BCUT2D eigenvalue weighted by atomic mass is 16.1. The maximum absolute atomic E-state index is 12.9. The van der Waals surface area contributed by atoms with Crippen LogP contribution >= 0.6 is 0 Å². The summed E-state index contributed by atoms with van der Waals surface area (Å²) in [6.07, 6.45) is 7.96. The van der Waals surface area contributed by atoms with E-state index in [1.165, 1.54) is 38.5 Å². The minimum absolute atomic E-state index is 0.00481. The van der Waals surface area contributed by atoms with E-state index in [0.717, 1.165) is 28.9 Å². The summed E-state index contributed by atoms with van der Waals surface area (Å²) in [5.41, 5.74) is 2.04. The van der Waals surface area contributed by atoms with Gasteiger partial charge in [-0.25, -0.2) is 0 Å². The molecular weight excluding hydrogens is 272 g/mol. The third-order valence-corrected chi connectivity index (χ3v) is 6.93. The Labute approximate surface area is 131 Å². The van der Waals surface area contributed by atoms with Crippen LogP contribution in [0, 0.1) is 23.2 Å². The van der Waals surface area contributed by atoms with E-state index < -0.39 is 0 Å². The molecule has 5 aliphatic rings. The second-order valence-corrected chi connectivity index (χ2v) is 8.37. The van der Waals surface area contributed by atoms with Gasteiger partial charge >= 0.3 is 0 Å². The zero-order valence-corrected chi connectivity index (χ0v) is 12.9. The second kappa shape index (κ2) is 4.31. The molecule has 5 aliphatic carbocycles. The predicted octanol–water partition coefficient (Wildman–Crippen LogP) is 4.14. The lowest BCUT2D eigenvalue weighted by atomic mass is 9.44. The highest BCUT2D eigenvalue weighted by Gasteiger charge is 2.57. The molecule has 22 heavy (non-hydrogen) atoms. The van der Waals surface area contributed by atoms with E-state index in [4.69, 9.17) is 0 Å². The summed E-state index contributed by atoms with van der Waals surface area (Å²) in [5, 5.41) is 0. The minimum atomic E-state index is -0.00481. The highest BCUT2D eigenvalue weighted by Crippen LogP contribution is 2.65. The van der Waals surface area contributed by atoms with Gasteiger partial charge in [0.05, 0.1) is 6.42 Å². The van der Waals surface area contributed by atoms with E-state index in [0.29, 0.717) is 0 Å². The number of hydrogen-bond acceptors (Lipinski definition) is 2. The van der Waals surface area contributed by atoms with Crippen molar-refractivity contribution in [3.63, 3.8) is 0 Å². The van der Waals surface area contributed by atoms with Crippen LogP contribution in [0.5, 0.6) is 0 Å². The molecule has 6 rings (SSSR count). The van der Waals surface area contributed by atoms with Gasteiger partial charge in [0, 0.05) is 11.5 Å². The Kier molecular flexibility index (Phi) is 2.55. The third kappa shape index (κ3) is 1.67. The van der Waals surface area contributed by atoms with Crippen molar-refractivity contribution in [1.82, 2.24) is 0 Å². The van der Waals surface area contributed by atoms with Gasteiger partial charge in [-0.3, -0.25) is 9.59 Å². The largest absolute Gasteiger partial charge is 0.298 e.